The summed E-state index contributed by atoms with van der Waals surface area (Å²) in [5.74, 6) is -1.27. The Hall–Kier alpha value is -1.18. The van der Waals surface area contributed by atoms with Gasteiger partial charge in [-0.2, -0.15) is 0 Å². The van der Waals surface area contributed by atoms with Gasteiger partial charge in [-0.25, -0.2) is 18.1 Å². The van der Waals surface area contributed by atoms with Gasteiger partial charge in [0.25, 0.3) is 0 Å². The quantitative estimate of drug-likeness (QED) is 0.711. The number of sulfonamides is 1. The first-order valence-corrected chi connectivity index (χ1v) is 8.46. The van der Waals surface area contributed by atoms with Crippen molar-refractivity contribution in [3.63, 3.8) is 0 Å². The van der Waals surface area contributed by atoms with E-state index >= 15 is 0 Å². The summed E-state index contributed by atoms with van der Waals surface area (Å²) in [7, 11) is -3.72. The van der Waals surface area contributed by atoms with Crippen LogP contribution in [0.15, 0.2) is 23.2 Å². The molecular weight excluding hydrogens is 316 g/mol. The van der Waals surface area contributed by atoms with E-state index in [2.05, 4.69) is 9.71 Å². The van der Waals surface area contributed by atoms with Crippen LogP contribution in [0.2, 0.25) is 5.15 Å². The van der Waals surface area contributed by atoms with E-state index in [9.17, 15) is 13.2 Å². The van der Waals surface area contributed by atoms with E-state index in [-0.39, 0.29) is 16.1 Å². The van der Waals surface area contributed by atoms with E-state index in [1.165, 1.54) is 18.3 Å². The van der Waals surface area contributed by atoms with E-state index in [1.807, 2.05) is 0 Å². The number of rotatable bonds is 8. The molecule has 0 radical (unpaired) electrons. The number of aliphatic carboxylic acids is 1. The van der Waals surface area contributed by atoms with Crippen molar-refractivity contribution in [2.45, 2.75) is 44.0 Å². The predicted octanol–water partition coefficient (Wildman–Crippen LogP) is 2.29. The maximum atomic E-state index is 12.1. The van der Waals surface area contributed by atoms with E-state index in [0.717, 1.165) is 0 Å². The SMILES string of the molecule is CC(CCCC(C)C(=O)O)NS(=O)(=O)c1cccnc1Cl. The number of pyridine rings is 1. The molecule has 0 spiro atoms. The molecule has 0 saturated heterocycles. The number of hydrogen-bond donors (Lipinski definition) is 2. The standard InChI is InChI=1S/C13H19ClN2O4S/c1-9(13(17)18)5-3-6-10(2)16-21(19,20)11-7-4-8-15-12(11)14/h4,7-10,16H,3,5-6H2,1-2H3,(H,17,18). The fourth-order valence-corrected chi connectivity index (χ4v) is 3.54. The summed E-state index contributed by atoms with van der Waals surface area (Å²) in [6, 6.07) is 2.57. The molecule has 1 aromatic heterocycles. The van der Waals surface area contributed by atoms with Gasteiger partial charge in [-0.3, -0.25) is 4.79 Å². The largest absolute Gasteiger partial charge is 0.481 e. The van der Waals surface area contributed by atoms with Crippen LogP contribution in [-0.4, -0.2) is 30.5 Å². The van der Waals surface area contributed by atoms with Gasteiger partial charge in [0.05, 0.1) is 5.92 Å². The zero-order chi connectivity index (χ0) is 16.0. The van der Waals surface area contributed by atoms with Gasteiger partial charge < -0.3 is 5.11 Å². The molecule has 0 fully saturated rings. The smallest absolute Gasteiger partial charge is 0.306 e. The van der Waals surface area contributed by atoms with Crippen LogP contribution in [0.4, 0.5) is 0 Å². The van der Waals surface area contributed by atoms with Crippen LogP contribution < -0.4 is 4.72 Å². The molecule has 0 aliphatic heterocycles. The molecule has 6 nitrogen and oxygen atoms in total. The van der Waals surface area contributed by atoms with E-state index in [1.54, 1.807) is 13.8 Å². The third-order valence-corrected chi connectivity index (χ3v) is 5.10. The second kappa shape index (κ2) is 7.72. The van der Waals surface area contributed by atoms with Crippen LogP contribution in [0.5, 0.6) is 0 Å². The molecule has 2 unspecified atom stereocenters. The Labute approximate surface area is 129 Å². The number of halogens is 1. The highest BCUT2D eigenvalue weighted by Crippen LogP contribution is 2.18. The van der Waals surface area contributed by atoms with E-state index in [0.29, 0.717) is 19.3 Å². The highest BCUT2D eigenvalue weighted by molar-refractivity contribution is 7.89. The second-order valence-electron chi connectivity index (χ2n) is 4.98. The molecule has 1 rings (SSSR count). The summed E-state index contributed by atoms with van der Waals surface area (Å²) in [5, 5.41) is 8.71. The zero-order valence-corrected chi connectivity index (χ0v) is 13.5. The van der Waals surface area contributed by atoms with Gasteiger partial charge in [0.1, 0.15) is 10.0 Å². The molecule has 0 aromatic carbocycles. The van der Waals surface area contributed by atoms with Crippen LogP contribution in [0.3, 0.4) is 0 Å². The maximum absolute atomic E-state index is 12.1. The lowest BCUT2D eigenvalue weighted by molar-refractivity contribution is -0.141. The lowest BCUT2D eigenvalue weighted by atomic mass is 10.0. The Morgan fingerprint density at radius 2 is 2.10 bits per heavy atom. The fraction of sp³-hybridized carbons (Fsp3) is 0.538. The van der Waals surface area contributed by atoms with Gasteiger partial charge in [-0.1, -0.05) is 24.9 Å². The molecule has 0 aliphatic carbocycles. The van der Waals surface area contributed by atoms with Crippen molar-refractivity contribution in [3.8, 4) is 0 Å². The third kappa shape index (κ3) is 5.61. The highest BCUT2D eigenvalue weighted by Gasteiger charge is 2.21. The number of nitrogens with one attached hydrogen (secondary N) is 1. The first-order valence-electron chi connectivity index (χ1n) is 6.59. The summed E-state index contributed by atoms with van der Waals surface area (Å²) >= 11 is 5.78. The molecule has 2 N–H and O–H groups in total. The number of hydrogen-bond acceptors (Lipinski definition) is 4. The number of nitrogens with zero attached hydrogens (tertiary/aromatic N) is 1. The van der Waals surface area contributed by atoms with Crippen molar-refractivity contribution >= 4 is 27.6 Å². The van der Waals surface area contributed by atoms with E-state index < -0.39 is 21.9 Å². The predicted molar refractivity (Wildman–Crippen MR) is 79.7 cm³/mol. The van der Waals surface area contributed by atoms with Crippen LogP contribution in [0.1, 0.15) is 33.1 Å². The van der Waals surface area contributed by atoms with Crippen LogP contribution in [0, 0.1) is 5.92 Å². The topological polar surface area (TPSA) is 96.4 Å². The first-order chi connectivity index (χ1) is 9.74. The van der Waals surface area contributed by atoms with Crippen molar-refractivity contribution in [2.24, 2.45) is 5.92 Å². The summed E-state index contributed by atoms with van der Waals surface area (Å²) < 4.78 is 26.8. The van der Waals surface area contributed by atoms with Gasteiger partial charge >= 0.3 is 5.97 Å². The van der Waals surface area contributed by atoms with E-state index in [4.69, 9.17) is 16.7 Å². The average molecular weight is 335 g/mol. The lowest BCUT2D eigenvalue weighted by Gasteiger charge is -2.15. The Morgan fingerprint density at radius 1 is 1.43 bits per heavy atom. The summed E-state index contributed by atoms with van der Waals surface area (Å²) in [5.41, 5.74) is 0. The van der Waals surface area contributed by atoms with Gasteiger partial charge in [-0.15, -0.1) is 0 Å². The van der Waals surface area contributed by atoms with Crippen molar-refractivity contribution in [1.82, 2.24) is 9.71 Å². The molecule has 118 valence electrons. The van der Waals surface area contributed by atoms with Gasteiger partial charge in [0, 0.05) is 12.2 Å². The lowest BCUT2D eigenvalue weighted by Crippen LogP contribution is -2.33. The minimum absolute atomic E-state index is 0.0579. The maximum Gasteiger partial charge on any atom is 0.306 e. The Morgan fingerprint density at radius 3 is 2.67 bits per heavy atom. The van der Waals surface area contributed by atoms with Crippen molar-refractivity contribution in [3.05, 3.63) is 23.5 Å². The van der Waals surface area contributed by atoms with Gasteiger partial charge in [0.15, 0.2) is 0 Å². The average Bonchev–Trinajstić information content (AvgIpc) is 2.38. The molecule has 1 heterocycles. The Bertz CT molecular complexity index is 592. The number of carboxylic acid groups (broad SMARTS) is 1. The minimum atomic E-state index is -3.72. The molecule has 8 heteroatoms. The normalized spacial score (nSPS) is 14.6. The molecule has 21 heavy (non-hydrogen) atoms. The molecule has 0 amide bonds. The summed E-state index contributed by atoms with van der Waals surface area (Å²) in [4.78, 5) is 14.4. The van der Waals surface area contributed by atoms with Crippen molar-refractivity contribution in [1.29, 1.82) is 0 Å². The summed E-state index contributed by atoms with van der Waals surface area (Å²) in [6.07, 6.45) is 3.10. The molecular formula is C13H19ClN2O4S. The van der Waals surface area contributed by atoms with Gasteiger partial charge in [-0.05, 0) is 31.9 Å². The Kier molecular flexibility index (Phi) is 6.57. The van der Waals surface area contributed by atoms with Crippen molar-refractivity contribution in [2.75, 3.05) is 0 Å². The van der Waals surface area contributed by atoms with Crippen molar-refractivity contribution < 1.29 is 18.3 Å². The first kappa shape index (κ1) is 17.9. The van der Waals surface area contributed by atoms with Crippen LogP contribution >= 0.6 is 11.6 Å². The monoisotopic (exact) mass is 334 g/mol. The number of aromatic nitrogens is 1. The molecule has 0 saturated carbocycles. The zero-order valence-electron chi connectivity index (χ0n) is 11.9. The third-order valence-electron chi connectivity index (χ3n) is 3.07. The Balaban J connectivity index is 2.56. The molecule has 2 atom stereocenters. The molecule has 1 aromatic rings. The minimum Gasteiger partial charge on any atom is -0.481 e. The van der Waals surface area contributed by atoms with Crippen LogP contribution in [0.25, 0.3) is 0 Å². The second-order valence-corrected chi connectivity index (χ2v) is 7.03. The summed E-state index contributed by atoms with van der Waals surface area (Å²) in [6.45, 7) is 3.36. The van der Waals surface area contributed by atoms with Gasteiger partial charge in [0.2, 0.25) is 10.0 Å². The van der Waals surface area contributed by atoms with Crippen LogP contribution in [-0.2, 0) is 14.8 Å². The fourth-order valence-electron chi connectivity index (χ4n) is 1.81. The number of carbonyl (C=O) groups is 1. The number of carboxylic acids is 1. The highest BCUT2D eigenvalue weighted by atomic mass is 35.5. The molecule has 0 aliphatic rings. The molecule has 0 bridgehead atoms.